The molecule has 0 spiro atoms. The molecular weight excluding hydrogens is 426 g/mol. The van der Waals surface area contributed by atoms with E-state index < -0.39 is 6.10 Å². The molecule has 2 heterocycles. The van der Waals surface area contributed by atoms with Crippen molar-refractivity contribution in [3.8, 4) is 17.2 Å². The number of hydrogen-bond acceptors (Lipinski definition) is 5. The highest BCUT2D eigenvalue weighted by atomic mass is 16.7. The molecule has 0 amide bonds. The van der Waals surface area contributed by atoms with Crippen molar-refractivity contribution in [1.29, 1.82) is 0 Å². The van der Waals surface area contributed by atoms with E-state index in [4.69, 9.17) is 14.2 Å². The first-order valence-electron chi connectivity index (χ1n) is 12.5. The van der Waals surface area contributed by atoms with Gasteiger partial charge >= 0.3 is 0 Å². The molecule has 0 saturated carbocycles. The highest BCUT2D eigenvalue weighted by Crippen LogP contribution is 2.55. The molecule has 0 radical (unpaired) electrons. The van der Waals surface area contributed by atoms with E-state index in [0.717, 1.165) is 35.6 Å². The Hall–Kier alpha value is -2.24. The van der Waals surface area contributed by atoms with Crippen molar-refractivity contribution >= 4 is 0 Å². The van der Waals surface area contributed by atoms with Crippen molar-refractivity contribution in [2.24, 2.45) is 5.92 Å². The molecule has 184 valence electrons. The van der Waals surface area contributed by atoms with E-state index in [1.165, 1.54) is 22.3 Å². The van der Waals surface area contributed by atoms with E-state index in [-0.39, 0.29) is 23.7 Å². The summed E-state index contributed by atoms with van der Waals surface area (Å²) in [4.78, 5) is 2.33. The van der Waals surface area contributed by atoms with Gasteiger partial charge in [-0.3, -0.25) is 4.90 Å². The molecule has 5 nitrogen and oxygen atoms in total. The predicted molar refractivity (Wildman–Crippen MR) is 134 cm³/mol. The number of hydrogen-bond donors (Lipinski definition) is 1. The van der Waals surface area contributed by atoms with Gasteiger partial charge in [0.2, 0.25) is 12.5 Å². The lowest BCUT2D eigenvalue weighted by Gasteiger charge is -2.37. The zero-order valence-electron chi connectivity index (χ0n) is 21.9. The predicted octanol–water partition coefficient (Wildman–Crippen LogP) is 5.59. The lowest BCUT2D eigenvalue weighted by atomic mass is 9.71. The van der Waals surface area contributed by atoms with E-state index in [9.17, 15) is 5.11 Å². The van der Waals surface area contributed by atoms with E-state index in [1.807, 2.05) is 0 Å². The number of benzene rings is 2. The molecule has 34 heavy (non-hydrogen) atoms. The van der Waals surface area contributed by atoms with Crippen LogP contribution in [0.2, 0.25) is 0 Å². The van der Waals surface area contributed by atoms with Crippen molar-refractivity contribution in [2.75, 3.05) is 27.5 Å². The molecule has 2 aromatic rings. The highest BCUT2D eigenvalue weighted by molar-refractivity contribution is 5.62. The fraction of sp³-hybridized carbons (Fsp3) is 0.586. The van der Waals surface area contributed by atoms with Crippen LogP contribution in [0.3, 0.4) is 0 Å². The second kappa shape index (κ2) is 7.89. The van der Waals surface area contributed by atoms with Crippen molar-refractivity contribution in [3.63, 3.8) is 0 Å². The third-order valence-corrected chi connectivity index (χ3v) is 9.31. The lowest BCUT2D eigenvalue weighted by molar-refractivity contribution is 0.107. The normalized spacial score (nSPS) is 25.1. The maximum absolute atomic E-state index is 11.6. The van der Waals surface area contributed by atoms with Crippen LogP contribution >= 0.6 is 0 Å². The van der Waals surface area contributed by atoms with Gasteiger partial charge in [-0.2, -0.15) is 0 Å². The minimum atomic E-state index is -0.575. The molecule has 1 aliphatic carbocycles. The summed E-state index contributed by atoms with van der Waals surface area (Å²) in [5, 5.41) is 11.6. The van der Waals surface area contributed by atoms with Crippen molar-refractivity contribution in [2.45, 2.75) is 77.4 Å². The summed E-state index contributed by atoms with van der Waals surface area (Å²) < 4.78 is 17.3. The van der Waals surface area contributed by atoms with Crippen LogP contribution in [-0.2, 0) is 17.3 Å². The largest absolute Gasteiger partial charge is 0.492 e. The van der Waals surface area contributed by atoms with Gasteiger partial charge in [-0.05, 0) is 77.4 Å². The van der Waals surface area contributed by atoms with Gasteiger partial charge in [0.15, 0.2) is 11.5 Å². The van der Waals surface area contributed by atoms with Gasteiger partial charge in [-0.15, -0.1) is 0 Å². The van der Waals surface area contributed by atoms with Crippen LogP contribution in [0.4, 0.5) is 0 Å². The molecule has 0 bridgehead atoms. The van der Waals surface area contributed by atoms with E-state index in [1.54, 1.807) is 7.11 Å². The fourth-order valence-corrected chi connectivity index (χ4v) is 6.68. The van der Waals surface area contributed by atoms with Crippen molar-refractivity contribution < 1.29 is 19.3 Å². The second-order valence-electron chi connectivity index (χ2n) is 11.6. The average molecular weight is 466 g/mol. The van der Waals surface area contributed by atoms with Crippen LogP contribution in [0.5, 0.6) is 17.2 Å². The maximum atomic E-state index is 11.6. The quantitative estimate of drug-likeness (QED) is 0.638. The fourth-order valence-electron chi connectivity index (χ4n) is 6.68. The molecule has 0 unspecified atom stereocenters. The van der Waals surface area contributed by atoms with Gasteiger partial charge in [0.05, 0.1) is 13.2 Å². The average Bonchev–Trinajstić information content (AvgIpc) is 3.30. The van der Waals surface area contributed by atoms with Crippen LogP contribution in [0.25, 0.3) is 0 Å². The highest BCUT2D eigenvalue weighted by Gasteiger charge is 2.49. The van der Waals surface area contributed by atoms with Crippen molar-refractivity contribution in [1.82, 2.24) is 4.90 Å². The minimum Gasteiger partial charge on any atom is -0.492 e. The Bertz CT molecular complexity index is 1140. The molecular formula is C29H39NO4. The Morgan fingerprint density at radius 2 is 1.79 bits per heavy atom. The zero-order chi connectivity index (χ0) is 24.6. The van der Waals surface area contributed by atoms with Gasteiger partial charge in [0, 0.05) is 18.2 Å². The van der Waals surface area contributed by atoms with Gasteiger partial charge in [0.1, 0.15) is 0 Å². The molecule has 5 heteroatoms. The summed E-state index contributed by atoms with van der Waals surface area (Å²) in [5.41, 5.74) is 7.53. The Kier molecular flexibility index (Phi) is 5.45. The van der Waals surface area contributed by atoms with E-state index in [2.05, 4.69) is 71.7 Å². The molecule has 5 rings (SSSR count). The summed E-state index contributed by atoms with van der Waals surface area (Å²) in [5.74, 6) is 2.71. The second-order valence-corrected chi connectivity index (χ2v) is 11.6. The number of methoxy groups -OCH3 is 1. The number of rotatable bonds is 4. The van der Waals surface area contributed by atoms with Crippen LogP contribution in [-0.4, -0.2) is 37.5 Å². The topological polar surface area (TPSA) is 51.2 Å². The molecule has 0 aromatic heterocycles. The minimum absolute atomic E-state index is 0.0271. The molecule has 2 aliphatic heterocycles. The number of aliphatic hydroxyl groups is 1. The van der Waals surface area contributed by atoms with E-state index in [0.29, 0.717) is 18.1 Å². The SMILES string of the molecule is COc1c2c(cc3c1[C@@H](C[C@H](O)c1cc4c(cc1C)C(C)(C)[C@H](C)C4(C)C)N(C)CC3)OCO2. The molecule has 3 atom stereocenters. The first-order chi connectivity index (χ1) is 16.0. The van der Waals surface area contributed by atoms with Gasteiger partial charge in [0.25, 0.3) is 0 Å². The van der Waals surface area contributed by atoms with E-state index >= 15 is 0 Å². The first-order valence-corrected chi connectivity index (χ1v) is 12.5. The summed E-state index contributed by atoms with van der Waals surface area (Å²) in [6.07, 6.45) is 0.942. The van der Waals surface area contributed by atoms with Gasteiger partial charge in [-0.1, -0.05) is 46.8 Å². The number of nitrogens with zero attached hydrogens (tertiary/aromatic N) is 1. The first kappa shape index (κ1) is 23.5. The standard InChI is InChI=1S/C29H39NO4/c1-16-11-20-21(29(5,6)17(2)28(20,3)4)13-19(16)23(31)14-22-25-18(9-10-30(22)7)12-24-26(27(25)32-8)34-15-33-24/h11-13,17,22-23,31H,9-10,14-15H2,1-8H3/t17-,22+,23-/m0/s1. The molecule has 3 aliphatic rings. The molecule has 1 N–H and O–H groups in total. The maximum Gasteiger partial charge on any atom is 0.231 e. The summed E-state index contributed by atoms with van der Waals surface area (Å²) in [6, 6.07) is 6.75. The van der Waals surface area contributed by atoms with Crippen LogP contribution in [0.1, 0.15) is 86.6 Å². The summed E-state index contributed by atoms with van der Waals surface area (Å²) >= 11 is 0. The van der Waals surface area contributed by atoms with Crippen LogP contribution in [0, 0.1) is 12.8 Å². The third kappa shape index (κ3) is 3.27. The van der Waals surface area contributed by atoms with Crippen molar-refractivity contribution in [3.05, 3.63) is 51.6 Å². The monoisotopic (exact) mass is 465 g/mol. The molecule has 2 aromatic carbocycles. The molecule has 0 fully saturated rings. The summed E-state index contributed by atoms with van der Waals surface area (Å²) in [6.45, 7) is 15.0. The zero-order valence-corrected chi connectivity index (χ0v) is 21.9. The number of ether oxygens (including phenoxy) is 3. The number of fused-ring (bicyclic) bond motifs is 3. The Morgan fingerprint density at radius 1 is 1.12 bits per heavy atom. The Balaban J connectivity index is 1.54. The Labute approximate surface area is 204 Å². The van der Waals surface area contributed by atoms with Gasteiger partial charge < -0.3 is 19.3 Å². The number of aliphatic hydroxyl groups excluding tert-OH is 1. The van der Waals surface area contributed by atoms with Crippen LogP contribution < -0.4 is 14.2 Å². The third-order valence-electron chi connectivity index (χ3n) is 9.31. The summed E-state index contributed by atoms with van der Waals surface area (Å²) in [7, 11) is 3.82. The van der Waals surface area contributed by atoms with Crippen LogP contribution in [0.15, 0.2) is 18.2 Å². The smallest absolute Gasteiger partial charge is 0.231 e. The van der Waals surface area contributed by atoms with Gasteiger partial charge in [-0.25, -0.2) is 0 Å². The molecule has 0 saturated heterocycles. The number of aryl methyl sites for hydroxylation is 1. The lowest BCUT2D eigenvalue weighted by Crippen LogP contribution is -2.33. The number of likely N-dealkylation sites (N-methyl/N-ethyl adjacent to an activating group) is 1. The Morgan fingerprint density at radius 3 is 2.47 bits per heavy atom.